The van der Waals surface area contributed by atoms with Gasteiger partial charge in [-0.05, 0) is 36.4 Å². The zero-order valence-electron chi connectivity index (χ0n) is 8.21. The van der Waals surface area contributed by atoms with Gasteiger partial charge in [0.2, 0.25) is 0 Å². The van der Waals surface area contributed by atoms with Crippen molar-refractivity contribution in [2.75, 3.05) is 0 Å². The van der Waals surface area contributed by atoms with Crippen LogP contribution >= 0.6 is 0 Å². The summed E-state index contributed by atoms with van der Waals surface area (Å²) in [5.41, 5.74) is 0.946. The van der Waals surface area contributed by atoms with Crippen LogP contribution in [0.15, 0.2) is 64.2 Å². The van der Waals surface area contributed by atoms with Gasteiger partial charge in [-0.25, -0.2) is 0 Å². The second-order valence-electron chi connectivity index (χ2n) is 2.99. The Morgan fingerprint density at radius 2 is 1.87 bits per heavy atom. The molecule has 0 spiro atoms. The molecule has 0 saturated heterocycles. The Labute approximate surface area is 88.6 Å². The molecule has 1 heterocycles. The lowest BCUT2D eigenvalue weighted by Gasteiger charge is -1.88. The fourth-order valence-corrected chi connectivity index (χ4v) is 1.17. The summed E-state index contributed by atoms with van der Waals surface area (Å²) in [5.74, 6) is 0.828. The lowest BCUT2D eigenvalue weighted by molar-refractivity contribution is 0.557. The zero-order valence-corrected chi connectivity index (χ0v) is 8.21. The van der Waals surface area contributed by atoms with Crippen molar-refractivity contribution in [2.24, 2.45) is 4.99 Å². The minimum absolute atomic E-state index is 0.828. The summed E-state index contributed by atoms with van der Waals surface area (Å²) < 4.78 is 5.14. The third-order valence-corrected chi connectivity index (χ3v) is 1.87. The molecular weight excluding hydrogens is 186 g/mol. The Hall–Kier alpha value is -2.09. The highest BCUT2D eigenvalue weighted by molar-refractivity contribution is 5.79. The molecule has 2 heteroatoms. The molecule has 0 atom stereocenters. The third kappa shape index (κ3) is 2.95. The molecule has 0 unspecified atom stereocenters. The molecule has 0 N–H and O–H groups in total. The highest BCUT2D eigenvalue weighted by Gasteiger charge is 1.84. The van der Waals surface area contributed by atoms with Crippen molar-refractivity contribution in [1.82, 2.24) is 0 Å². The zero-order chi connectivity index (χ0) is 10.3. The van der Waals surface area contributed by atoms with Gasteiger partial charge in [0, 0.05) is 6.21 Å². The number of rotatable bonds is 3. The van der Waals surface area contributed by atoms with Crippen LogP contribution in [0.1, 0.15) is 5.76 Å². The summed E-state index contributed by atoms with van der Waals surface area (Å²) in [5, 5.41) is 0. The number of benzene rings is 1. The van der Waals surface area contributed by atoms with E-state index in [1.54, 1.807) is 12.5 Å². The van der Waals surface area contributed by atoms with Gasteiger partial charge in [-0.2, -0.15) is 0 Å². The topological polar surface area (TPSA) is 25.5 Å². The summed E-state index contributed by atoms with van der Waals surface area (Å²) >= 11 is 0. The van der Waals surface area contributed by atoms with E-state index in [0.717, 1.165) is 11.4 Å². The van der Waals surface area contributed by atoms with E-state index in [4.69, 9.17) is 4.42 Å². The van der Waals surface area contributed by atoms with Crippen LogP contribution in [0, 0.1) is 0 Å². The predicted molar refractivity (Wildman–Crippen MR) is 62.3 cm³/mol. The van der Waals surface area contributed by atoms with E-state index in [9.17, 15) is 0 Å². The molecule has 74 valence electrons. The van der Waals surface area contributed by atoms with Crippen molar-refractivity contribution >= 4 is 18.0 Å². The molecule has 0 aliphatic carbocycles. The van der Waals surface area contributed by atoms with E-state index in [1.165, 1.54) is 0 Å². The van der Waals surface area contributed by atoms with Crippen LogP contribution in [-0.2, 0) is 0 Å². The molecular formula is C13H11NO. The molecule has 0 amide bonds. The quantitative estimate of drug-likeness (QED) is 0.689. The van der Waals surface area contributed by atoms with Gasteiger partial charge in [0.25, 0.3) is 0 Å². The van der Waals surface area contributed by atoms with Gasteiger partial charge in [0.1, 0.15) is 5.76 Å². The van der Waals surface area contributed by atoms with Crippen LogP contribution < -0.4 is 0 Å². The van der Waals surface area contributed by atoms with E-state index in [2.05, 4.69) is 4.99 Å². The lowest BCUT2D eigenvalue weighted by Crippen LogP contribution is -1.66. The first-order chi connectivity index (χ1) is 7.45. The number of para-hydroxylation sites is 1. The maximum Gasteiger partial charge on any atom is 0.126 e. The minimum atomic E-state index is 0.828. The Kier molecular flexibility index (Phi) is 3.13. The average Bonchev–Trinajstić information content (AvgIpc) is 2.79. The van der Waals surface area contributed by atoms with E-state index < -0.39 is 0 Å². The number of furan rings is 1. The number of allylic oxidation sites excluding steroid dienone is 1. The highest BCUT2D eigenvalue weighted by Crippen LogP contribution is 2.08. The predicted octanol–water partition coefficient (Wildman–Crippen LogP) is 3.70. The Morgan fingerprint density at radius 1 is 1.00 bits per heavy atom. The summed E-state index contributed by atoms with van der Waals surface area (Å²) in [6, 6.07) is 13.6. The van der Waals surface area contributed by atoms with Crippen molar-refractivity contribution in [3.05, 3.63) is 60.6 Å². The van der Waals surface area contributed by atoms with Crippen molar-refractivity contribution in [2.45, 2.75) is 0 Å². The Balaban J connectivity index is 1.96. The maximum absolute atomic E-state index is 5.14. The first-order valence-corrected chi connectivity index (χ1v) is 4.74. The largest absolute Gasteiger partial charge is 0.465 e. The summed E-state index contributed by atoms with van der Waals surface area (Å²) in [4.78, 5) is 4.25. The molecule has 0 bridgehead atoms. The Bertz CT molecular complexity index is 441. The Morgan fingerprint density at radius 3 is 2.60 bits per heavy atom. The third-order valence-electron chi connectivity index (χ3n) is 1.87. The van der Waals surface area contributed by atoms with Gasteiger partial charge in [-0.15, -0.1) is 0 Å². The molecule has 15 heavy (non-hydrogen) atoms. The van der Waals surface area contributed by atoms with Crippen LogP contribution in [0.25, 0.3) is 6.08 Å². The number of aliphatic imine (C=N–C) groups is 1. The van der Waals surface area contributed by atoms with Crippen LogP contribution in [0.2, 0.25) is 0 Å². The van der Waals surface area contributed by atoms with Crippen LogP contribution in [0.3, 0.4) is 0 Å². The number of hydrogen-bond acceptors (Lipinski definition) is 2. The smallest absolute Gasteiger partial charge is 0.126 e. The molecule has 2 nitrogen and oxygen atoms in total. The molecule has 2 aromatic rings. The second-order valence-corrected chi connectivity index (χ2v) is 2.99. The van der Waals surface area contributed by atoms with Gasteiger partial charge in [0.15, 0.2) is 0 Å². The fourth-order valence-electron chi connectivity index (χ4n) is 1.17. The highest BCUT2D eigenvalue weighted by atomic mass is 16.3. The van der Waals surface area contributed by atoms with Crippen molar-refractivity contribution in [1.29, 1.82) is 0 Å². The van der Waals surface area contributed by atoms with Crippen LogP contribution in [0.5, 0.6) is 0 Å². The standard InChI is InChI=1S/C13H11NO/c1-2-6-12(7-3-1)14-10-4-8-13-9-5-11-15-13/h1-11H. The molecule has 2 rings (SSSR count). The molecule has 0 radical (unpaired) electrons. The molecule has 0 aliphatic rings. The van der Waals surface area contributed by atoms with Gasteiger partial charge in [-0.1, -0.05) is 18.2 Å². The molecule has 0 fully saturated rings. The fraction of sp³-hybridized carbons (Fsp3) is 0. The minimum Gasteiger partial charge on any atom is -0.465 e. The van der Waals surface area contributed by atoms with Gasteiger partial charge in [-0.3, -0.25) is 4.99 Å². The van der Waals surface area contributed by atoms with Crippen molar-refractivity contribution < 1.29 is 4.42 Å². The monoisotopic (exact) mass is 197 g/mol. The van der Waals surface area contributed by atoms with Crippen LogP contribution in [-0.4, -0.2) is 6.21 Å². The van der Waals surface area contributed by atoms with E-state index in [-0.39, 0.29) is 0 Å². The van der Waals surface area contributed by atoms with Crippen LogP contribution in [0.4, 0.5) is 5.69 Å². The second kappa shape index (κ2) is 4.96. The first-order valence-electron chi connectivity index (χ1n) is 4.74. The molecule has 1 aromatic heterocycles. The van der Waals surface area contributed by atoms with E-state index in [1.807, 2.05) is 54.6 Å². The normalized spacial score (nSPS) is 11.5. The lowest BCUT2D eigenvalue weighted by atomic mass is 10.3. The molecule has 0 saturated carbocycles. The molecule has 0 aliphatic heterocycles. The number of nitrogens with zero attached hydrogens (tertiary/aromatic N) is 1. The summed E-state index contributed by atoms with van der Waals surface area (Å²) in [6.07, 6.45) is 7.12. The summed E-state index contributed by atoms with van der Waals surface area (Å²) in [6.45, 7) is 0. The molecule has 1 aromatic carbocycles. The number of hydrogen-bond donors (Lipinski definition) is 0. The SMILES string of the molecule is C(=Cc1ccco1)C=Nc1ccccc1. The first kappa shape index (κ1) is 9.46. The van der Waals surface area contributed by atoms with Gasteiger partial charge < -0.3 is 4.42 Å². The van der Waals surface area contributed by atoms with E-state index in [0.29, 0.717) is 0 Å². The van der Waals surface area contributed by atoms with E-state index >= 15 is 0 Å². The maximum atomic E-state index is 5.14. The summed E-state index contributed by atoms with van der Waals surface area (Å²) in [7, 11) is 0. The van der Waals surface area contributed by atoms with Gasteiger partial charge in [0.05, 0.1) is 12.0 Å². The van der Waals surface area contributed by atoms with Gasteiger partial charge >= 0.3 is 0 Å². The average molecular weight is 197 g/mol. The van der Waals surface area contributed by atoms with Crippen molar-refractivity contribution in [3.8, 4) is 0 Å². The van der Waals surface area contributed by atoms with Crippen molar-refractivity contribution in [3.63, 3.8) is 0 Å².